The van der Waals surface area contributed by atoms with Crippen LogP contribution in [0.2, 0.25) is 0 Å². The van der Waals surface area contributed by atoms with Gasteiger partial charge in [-0.3, -0.25) is 0 Å². The van der Waals surface area contributed by atoms with Crippen LogP contribution in [0.25, 0.3) is 0 Å². The number of halogens is 1. The van der Waals surface area contributed by atoms with Crippen molar-refractivity contribution in [1.82, 2.24) is 4.31 Å². The molecule has 2 heterocycles. The molecule has 142 valence electrons. The number of hydrogen-bond donors (Lipinski definition) is 0. The molecule has 1 aromatic carbocycles. The molecule has 0 N–H and O–H groups in total. The number of sulfonamides is 1. The molecule has 26 heavy (non-hydrogen) atoms. The van der Waals surface area contributed by atoms with E-state index in [1.54, 1.807) is 27.8 Å². The van der Waals surface area contributed by atoms with E-state index in [1.807, 2.05) is 29.6 Å². The summed E-state index contributed by atoms with van der Waals surface area (Å²) in [6.45, 7) is 1.49. The van der Waals surface area contributed by atoms with Gasteiger partial charge in [0.25, 0.3) is 0 Å². The average molecular weight is 414 g/mol. The second-order valence-corrected chi connectivity index (χ2v) is 9.80. The Hall–Kier alpha value is -0.920. The van der Waals surface area contributed by atoms with Gasteiger partial charge in [-0.2, -0.15) is 4.31 Å². The van der Waals surface area contributed by atoms with E-state index in [1.165, 1.54) is 0 Å². The molecule has 1 unspecified atom stereocenters. The van der Waals surface area contributed by atoms with Crippen molar-refractivity contribution in [2.24, 2.45) is 0 Å². The highest BCUT2D eigenvalue weighted by Crippen LogP contribution is 2.24. The van der Waals surface area contributed by atoms with Gasteiger partial charge < -0.3 is 4.74 Å². The van der Waals surface area contributed by atoms with Gasteiger partial charge in [-0.05, 0) is 54.8 Å². The van der Waals surface area contributed by atoms with E-state index in [0.29, 0.717) is 30.5 Å². The third-order valence-corrected chi connectivity index (χ3v) is 7.46. The molecule has 1 saturated heterocycles. The van der Waals surface area contributed by atoms with E-state index in [2.05, 4.69) is 0 Å². The summed E-state index contributed by atoms with van der Waals surface area (Å²) >= 11 is 7.30. The number of nitrogens with zero attached hydrogens (tertiary/aromatic N) is 1. The molecule has 7 heteroatoms. The van der Waals surface area contributed by atoms with E-state index in [9.17, 15) is 8.42 Å². The number of ether oxygens (including phenoxy) is 1. The van der Waals surface area contributed by atoms with Crippen LogP contribution >= 0.6 is 22.9 Å². The summed E-state index contributed by atoms with van der Waals surface area (Å²) in [5.74, 6) is 0.607. The lowest BCUT2D eigenvalue weighted by Crippen LogP contribution is -2.36. The lowest BCUT2D eigenvalue weighted by atomic mass is 10.1. The fraction of sp³-hybridized carbons (Fsp3) is 0.474. The third kappa shape index (κ3) is 5.08. The van der Waals surface area contributed by atoms with Crippen LogP contribution in [0.4, 0.5) is 0 Å². The number of hydrogen-bond acceptors (Lipinski definition) is 4. The van der Waals surface area contributed by atoms with Gasteiger partial charge in [0.15, 0.2) is 0 Å². The molecule has 0 spiro atoms. The Morgan fingerprint density at radius 3 is 2.65 bits per heavy atom. The van der Waals surface area contributed by atoms with E-state index in [4.69, 9.17) is 16.3 Å². The minimum Gasteiger partial charge on any atom is -0.377 e. The maximum absolute atomic E-state index is 13.2. The van der Waals surface area contributed by atoms with Crippen molar-refractivity contribution >= 4 is 33.0 Å². The maximum Gasteiger partial charge on any atom is 0.243 e. The Balaban J connectivity index is 1.80. The Morgan fingerprint density at radius 2 is 2.04 bits per heavy atom. The summed E-state index contributed by atoms with van der Waals surface area (Å²) in [6, 6.07) is 11.1. The largest absolute Gasteiger partial charge is 0.377 e. The minimum absolute atomic E-state index is 0.0206. The van der Waals surface area contributed by atoms with Crippen molar-refractivity contribution in [2.45, 2.75) is 43.2 Å². The summed E-state index contributed by atoms with van der Waals surface area (Å²) in [6.07, 6.45) is 3.63. The third-order valence-electron chi connectivity index (χ3n) is 4.50. The zero-order valence-corrected chi connectivity index (χ0v) is 17.0. The number of aryl methyl sites for hydroxylation is 1. The van der Waals surface area contributed by atoms with Gasteiger partial charge in [-0.1, -0.05) is 18.2 Å². The molecule has 0 bridgehead atoms. The first kappa shape index (κ1) is 19.8. The molecule has 0 radical (unpaired) electrons. The monoisotopic (exact) mass is 413 g/mol. The molecule has 0 saturated carbocycles. The first-order valence-electron chi connectivity index (χ1n) is 8.88. The molecule has 1 fully saturated rings. The molecule has 4 nitrogen and oxygen atoms in total. The second kappa shape index (κ2) is 9.33. The molecule has 1 atom stereocenters. The Kier molecular flexibility index (Phi) is 7.12. The van der Waals surface area contributed by atoms with E-state index in [0.717, 1.165) is 36.1 Å². The van der Waals surface area contributed by atoms with Gasteiger partial charge >= 0.3 is 0 Å². The maximum atomic E-state index is 13.2. The lowest BCUT2D eigenvalue weighted by Gasteiger charge is -2.24. The molecule has 0 aliphatic carbocycles. The number of benzene rings is 1. The topological polar surface area (TPSA) is 46.6 Å². The molecule has 1 aliphatic rings. The van der Waals surface area contributed by atoms with Crippen molar-refractivity contribution in [3.63, 3.8) is 0 Å². The van der Waals surface area contributed by atoms with Crippen molar-refractivity contribution in [3.8, 4) is 0 Å². The van der Waals surface area contributed by atoms with Crippen molar-refractivity contribution in [2.75, 3.05) is 19.0 Å². The van der Waals surface area contributed by atoms with Crippen LogP contribution in [0.3, 0.4) is 0 Å². The van der Waals surface area contributed by atoms with Crippen LogP contribution in [-0.4, -0.2) is 37.9 Å². The van der Waals surface area contributed by atoms with Crippen molar-refractivity contribution < 1.29 is 13.2 Å². The summed E-state index contributed by atoms with van der Waals surface area (Å²) in [7, 11) is -3.57. The number of alkyl halides is 1. The smallest absolute Gasteiger partial charge is 0.243 e. The Morgan fingerprint density at radius 1 is 1.23 bits per heavy atom. The van der Waals surface area contributed by atoms with E-state index < -0.39 is 10.0 Å². The summed E-state index contributed by atoms with van der Waals surface area (Å²) < 4.78 is 33.7. The number of thiophene rings is 1. The van der Waals surface area contributed by atoms with E-state index in [-0.39, 0.29) is 6.10 Å². The van der Waals surface area contributed by atoms with Crippen LogP contribution in [-0.2, 0) is 27.7 Å². The predicted molar refractivity (Wildman–Crippen MR) is 106 cm³/mol. The van der Waals surface area contributed by atoms with Crippen LogP contribution in [0, 0.1) is 0 Å². The molecule has 2 aromatic rings. The average Bonchev–Trinajstić information content (AvgIpc) is 3.34. The first-order valence-corrected chi connectivity index (χ1v) is 11.7. The fourth-order valence-electron chi connectivity index (χ4n) is 3.09. The normalized spacial score (nSPS) is 17.8. The van der Waals surface area contributed by atoms with Gasteiger partial charge in [0.1, 0.15) is 0 Å². The van der Waals surface area contributed by atoms with Crippen LogP contribution < -0.4 is 0 Å². The molecule has 1 aromatic heterocycles. The summed E-state index contributed by atoms with van der Waals surface area (Å²) in [4.78, 5) is 1.37. The van der Waals surface area contributed by atoms with Crippen LogP contribution in [0.5, 0.6) is 0 Å². The lowest BCUT2D eigenvalue weighted by molar-refractivity contribution is 0.0927. The van der Waals surface area contributed by atoms with Gasteiger partial charge in [0.05, 0.1) is 11.0 Å². The van der Waals surface area contributed by atoms with Crippen molar-refractivity contribution in [3.05, 3.63) is 52.2 Å². The molecular formula is C19H24ClNO3S2. The van der Waals surface area contributed by atoms with Crippen molar-refractivity contribution in [1.29, 1.82) is 0 Å². The second-order valence-electron chi connectivity index (χ2n) is 6.45. The molecule has 1 aliphatic heterocycles. The highest BCUT2D eigenvalue weighted by atomic mass is 35.5. The Bertz CT molecular complexity index is 770. The summed E-state index contributed by atoms with van der Waals surface area (Å²) in [5, 5.41) is 1.97. The fourth-order valence-corrected chi connectivity index (χ4v) is 5.47. The van der Waals surface area contributed by atoms with Crippen LogP contribution in [0.1, 0.15) is 29.7 Å². The van der Waals surface area contributed by atoms with Crippen LogP contribution in [0.15, 0.2) is 46.7 Å². The molecule has 3 rings (SSSR count). The highest BCUT2D eigenvalue weighted by molar-refractivity contribution is 7.89. The quantitative estimate of drug-likeness (QED) is 0.576. The first-order chi connectivity index (χ1) is 12.6. The van der Waals surface area contributed by atoms with Gasteiger partial charge in [-0.25, -0.2) is 8.42 Å². The highest BCUT2D eigenvalue weighted by Gasteiger charge is 2.29. The predicted octanol–water partition coefficient (Wildman–Crippen LogP) is 4.29. The zero-order valence-electron chi connectivity index (χ0n) is 14.6. The molecule has 0 amide bonds. The molecular weight excluding hydrogens is 390 g/mol. The van der Waals surface area contributed by atoms with E-state index >= 15 is 0 Å². The zero-order chi connectivity index (χ0) is 18.4. The minimum atomic E-state index is -3.57. The van der Waals surface area contributed by atoms with Gasteiger partial charge in [0, 0.05) is 30.5 Å². The van der Waals surface area contributed by atoms with Gasteiger partial charge in [0.2, 0.25) is 10.0 Å². The summed E-state index contributed by atoms with van der Waals surface area (Å²) in [5.41, 5.74) is 1.11. The van der Waals surface area contributed by atoms with Gasteiger partial charge in [-0.15, -0.1) is 22.9 Å². The number of rotatable bonds is 9. The Labute approximate surface area is 164 Å². The standard InChI is InChI=1S/C19H24ClNO3S2/c20-11-1-4-16-7-9-19(10-8-16)26(22,23)21(14-17-5-2-12-24-17)15-18-6-3-13-25-18/h3,6-10,13,17H,1-2,4-5,11-12,14-15H2. The SMILES string of the molecule is O=S(=O)(c1ccc(CCCCl)cc1)N(Cc1cccs1)CC1CCCO1.